The van der Waals surface area contributed by atoms with E-state index in [4.69, 9.17) is 4.74 Å². The van der Waals surface area contributed by atoms with Gasteiger partial charge in [0.05, 0.1) is 13.7 Å². The van der Waals surface area contributed by atoms with E-state index in [1.54, 1.807) is 18.4 Å². The monoisotopic (exact) mass is 346 g/mol. The number of hydrogen-bond donors (Lipinski definition) is 1. The summed E-state index contributed by atoms with van der Waals surface area (Å²) in [5.41, 5.74) is 0.792. The molecule has 128 valence electrons. The summed E-state index contributed by atoms with van der Waals surface area (Å²) in [7, 11) is 1.63. The summed E-state index contributed by atoms with van der Waals surface area (Å²) < 4.78 is 5.11. The van der Waals surface area contributed by atoms with Crippen molar-refractivity contribution in [3.63, 3.8) is 0 Å². The van der Waals surface area contributed by atoms with Crippen LogP contribution in [0.25, 0.3) is 0 Å². The molecule has 0 aliphatic carbocycles. The maximum Gasteiger partial charge on any atom is 0.238 e. The Morgan fingerprint density at radius 2 is 2.00 bits per heavy atom. The van der Waals surface area contributed by atoms with E-state index in [2.05, 4.69) is 20.4 Å². The van der Waals surface area contributed by atoms with Crippen molar-refractivity contribution in [3.05, 3.63) is 34.3 Å². The Balaban J connectivity index is 1.45. The fraction of sp³-hybridized carbons (Fsp3) is 0.471. The molecule has 6 nitrogen and oxygen atoms in total. The average molecular weight is 346 g/mol. The van der Waals surface area contributed by atoms with E-state index in [0.29, 0.717) is 12.5 Å². The van der Waals surface area contributed by atoms with Gasteiger partial charge in [-0.3, -0.25) is 9.69 Å². The summed E-state index contributed by atoms with van der Waals surface area (Å²) in [6.07, 6.45) is 2.06. The van der Waals surface area contributed by atoms with Gasteiger partial charge < -0.3 is 10.1 Å². The molecule has 1 N–H and O–H groups in total. The van der Waals surface area contributed by atoms with Crippen LogP contribution in [0.15, 0.2) is 24.3 Å². The van der Waals surface area contributed by atoms with Gasteiger partial charge in [0.25, 0.3) is 0 Å². The van der Waals surface area contributed by atoms with Crippen LogP contribution < -0.4 is 10.1 Å². The summed E-state index contributed by atoms with van der Waals surface area (Å²) in [5.74, 6) is 1.28. The third kappa shape index (κ3) is 4.30. The van der Waals surface area contributed by atoms with Gasteiger partial charge in [-0.05, 0) is 57.1 Å². The quantitative estimate of drug-likeness (QED) is 0.901. The highest BCUT2D eigenvalue weighted by Crippen LogP contribution is 2.29. The Morgan fingerprint density at radius 1 is 1.29 bits per heavy atom. The van der Waals surface area contributed by atoms with Crippen LogP contribution in [0.3, 0.4) is 0 Å². The number of likely N-dealkylation sites (tertiary alicyclic amines) is 1. The van der Waals surface area contributed by atoms with Gasteiger partial charge in [0, 0.05) is 11.6 Å². The van der Waals surface area contributed by atoms with Gasteiger partial charge in [0.2, 0.25) is 5.91 Å². The molecule has 0 bridgehead atoms. The maximum absolute atomic E-state index is 12.2. The minimum absolute atomic E-state index is 0.0189. The number of piperidine rings is 1. The van der Waals surface area contributed by atoms with Crippen molar-refractivity contribution in [1.82, 2.24) is 15.1 Å². The first-order valence-electron chi connectivity index (χ1n) is 8.10. The highest BCUT2D eigenvalue weighted by atomic mass is 32.1. The molecule has 1 aromatic carbocycles. The van der Waals surface area contributed by atoms with Crippen LogP contribution in [0.4, 0.5) is 5.69 Å². The second-order valence-corrected chi connectivity index (χ2v) is 7.20. The fourth-order valence-electron chi connectivity index (χ4n) is 2.89. The largest absolute Gasteiger partial charge is 0.497 e. The Morgan fingerprint density at radius 3 is 2.58 bits per heavy atom. The fourth-order valence-corrected chi connectivity index (χ4v) is 3.76. The summed E-state index contributed by atoms with van der Waals surface area (Å²) in [4.78, 5) is 14.4. The van der Waals surface area contributed by atoms with Gasteiger partial charge in [-0.25, -0.2) is 0 Å². The van der Waals surface area contributed by atoms with Crippen molar-refractivity contribution in [2.75, 3.05) is 32.1 Å². The number of methoxy groups -OCH3 is 1. The zero-order valence-corrected chi connectivity index (χ0v) is 14.8. The molecule has 3 rings (SSSR count). The zero-order chi connectivity index (χ0) is 16.9. The van der Waals surface area contributed by atoms with Crippen LogP contribution in [0.1, 0.15) is 28.8 Å². The third-order valence-electron chi connectivity index (χ3n) is 4.22. The standard InChI is InChI=1S/C17H22N4O2S/c1-12-19-20-17(24-12)13-7-9-21(10-8-13)11-16(22)18-14-3-5-15(23-2)6-4-14/h3-6,13H,7-11H2,1-2H3,(H,18,22). The molecule has 0 spiro atoms. The first-order valence-corrected chi connectivity index (χ1v) is 8.92. The van der Waals surface area contributed by atoms with Crippen LogP contribution in [0.5, 0.6) is 5.75 Å². The lowest BCUT2D eigenvalue weighted by atomic mass is 9.98. The lowest BCUT2D eigenvalue weighted by molar-refractivity contribution is -0.117. The predicted octanol–water partition coefficient (Wildman–Crippen LogP) is 2.67. The van der Waals surface area contributed by atoms with E-state index < -0.39 is 0 Å². The van der Waals surface area contributed by atoms with Crippen molar-refractivity contribution >= 4 is 22.9 Å². The molecule has 1 saturated heterocycles. The Bertz CT molecular complexity index is 678. The Labute approximate surface area is 145 Å². The highest BCUT2D eigenvalue weighted by Gasteiger charge is 2.24. The Kier molecular flexibility index (Phi) is 5.42. The van der Waals surface area contributed by atoms with Gasteiger partial charge in [0.1, 0.15) is 15.8 Å². The van der Waals surface area contributed by atoms with E-state index in [-0.39, 0.29) is 5.91 Å². The first-order chi connectivity index (χ1) is 11.6. The van der Waals surface area contributed by atoms with Crippen LogP contribution in [-0.4, -0.2) is 47.7 Å². The number of carbonyl (C=O) groups is 1. The molecule has 0 atom stereocenters. The second-order valence-electron chi connectivity index (χ2n) is 5.99. The van der Waals surface area contributed by atoms with Crippen molar-refractivity contribution < 1.29 is 9.53 Å². The zero-order valence-electron chi connectivity index (χ0n) is 14.0. The topological polar surface area (TPSA) is 67.3 Å². The molecule has 2 aromatic rings. The van der Waals surface area contributed by atoms with Gasteiger partial charge in [-0.1, -0.05) is 0 Å². The van der Waals surface area contributed by atoms with Crippen molar-refractivity contribution in [2.45, 2.75) is 25.7 Å². The van der Waals surface area contributed by atoms with E-state index in [9.17, 15) is 4.79 Å². The van der Waals surface area contributed by atoms with E-state index in [1.807, 2.05) is 31.2 Å². The molecule has 0 unspecified atom stereocenters. The summed E-state index contributed by atoms with van der Waals surface area (Å²) in [6, 6.07) is 7.37. The molecule has 24 heavy (non-hydrogen) atoms. The van der Waals surface area contributed by atoms with Gasteiger partial charge >= 0.3 is 0 Å². The highest BCUT2D eigenvalue weighted by molar-refractivity contribution is 7.11. The van der Waals surface area contributed by atoms with Crippen LogP contribution in [0, 0.1) is 6.92 Å². The van der Waals surface area contributed by atoms with Gasteiger partial charge in [-0.15, -0.1) is 21.5 Å². The third-order valence-corrected chi connectivity index (χ3v) is 5.22. The summed E-state index contributed by atoms with van der Waals surface area (Å²) >= 11 is 1.68. The molecule has 1 fully saturated rings. The molecule has 1 aromatic heterocycles. The van der Waals surface area contributed by atoms with Crippen molar-refractivity contribution in [3.8, 4) is 5.75 Å². The normalized spacial score (nSPS) is 16.1. The van der Waals surface area contributed by atoms with Gasteiger partial charge in [0.15, 0.2) is 0 Å². The van der Waals surface area contributed by atoms with Gasteiger partial charge in [-0.2, -0.15) is 0 Å². The molecule has 0 radical (unpaired) electrons. The number of amides is 1. The number of anilines is 1. The molecule has 1 amide bonds. The number of aryl methyl sites for hydroxylation is 1. The number of hydrogen-bond acceptors (Lipinski definition) is 6. The van der Waals surface area contributed by atoms with Crippen molar-refractivity contribution in [2.24, 2.45) is 0 Å². The number of benzene rings is 1. The Hall–Kier alpha value is -1.99. The molecular weight excluding hydrogens is 324 g/mol. The lowest BCUT2D eigenvalue weighted by Gasteiger charge is -2.30. The minimum atomic E-state index is 0.0189. The SMILES string of the molecule is COc1ccc(NC(=O)CN2CCC(c3nnc(C)s3)CC2)cc1. The number of nitrogens with one attached hydrogen (secondary N) is 1. The predicted molar refractivity (Wildman–Crippen MR) is 94.7 cm³/mol. The summed E-state index contributed by atoms with van der Waals surface area (Å²) in [6.45, 7) is 4.24. The molecule has 7 heteroatoms. The molecule has 1 aliphatic rings. The number of rotatable bonds is 5. The smallest absolute Gasteiger partial charge is 0.238 e. The lowest BCUT2D eigenvalue weighted by Crippen LogP contribution is -2.38. The first kappa shape index (κ1) is 16.9. The van der Waals surface area contributed by atoms with E-state index in [1.165, 1.54) is 0 Å². The molecule has 0 saturated carbocycles. The van der Waals surface area contributed by atoms with Crippen LogP contribution in [0.2, 0.25) is 0 Å². The van der Waals surface area contributed by atoms with Crippen molar-refractivity contribution in [1.29, 1.82) is 0 Å². The second kappa shape index (κ2) is 7.72. The number of aromatic nitrogens is 2. The number of ether oxygens (including phenoxy) is 1. The molecule has 1 aliphatic heterocycles. The van der Waals surface area contributed by atoms with Crippen LogP contribution in [-0.2, 0) is 4.79 Å². The average Bonchev–Trinajstić information content (AvgIpc) is 3.02. The van der Waals surface area contributed by atoms with E-state index in [0.717, 1.165) is 47.4 Å². The van der Waals surface area contributed by atoms with Crippen LogP contribution >= 0.6 is 11.3 Å². The summed E-state index contributed by atoms with van der Waals surface area (Å²) in [5, 5.41) is 13.4. The molecular formula is C17H22N4O2S. The minimum Gasteiger partial charge on any atom is -0.497 e. The number of nitrogens with zero attached hydrogens (tertiary/aromatic N) is 3. The van der Waals surface area contributed by atoms with E-state index >= 15 is 0 Å². The maximum atomic E-state index is 12.2. The molecule has 2 heterocycles. The number of carbonyl (C=O) groups excluding carboxylic acids is 1.